The van der Waals surface area contributed by atoms with Crippen molar-refractivity contribution in [3.05, 3.63) is 53.1 Å². The molecule has 1 aliphatic heterocycles. The van der Waals surface area contributed by atoms with E-state index in [9.17, 15) is 5.11 Å². The maximum Gasteiger partial charge on any atom is 0.194 e. The molecule has 2 aromatic carbocycles. The first kappa shape index (κ1) is 24.1. The van der Waals surface area contributed by atoms with Gasteiger partial charge in [-0.25, -0.2) is 0 Å². The van der Waals surface area contributed by atoms with Crippen molar-refractivity contribution in [1.82, 2.24) is 10.2 Å². The number of methoxy groups -OCH3 is 2. The van der Waals surface area contributed by atoms with Crippen molar-refractivity contribution in [2.75, 3.05) is 33.9 Å². The zero-order valence-corrected chi connectivity index (χ0v) is 20.3. The summed E-state index contributed by atoms with van der Waals surface area (Å²) in [6.45, 7) is 5.42. The molecule has 0 spiro atoms. The quantitative estimate of drug-likeness (QED) is 0.248. The third kappa shape index (κ3) is 6.17. The standard InChI is InChI=1S/C23H31N3O3.HI/c1-4-24-23(25-12-5-6-17-7-9-20(27)10-8-17)26-13-11-18-14-21(28-2)22(29-3)15-19(18)16-26;/h7-10,14-15,27H,4-6,11-13,16H2,1-3H3,(H,24,25);1H. The Kier molecular flexibility index (Phi) is 9.55. The number of rotatable bonds is 7. The topological polar surface area (TPSA) is 66.3 Å². The monoisotopic (exact) mass is 525 g/mol. The minimum Gasteiger partial charge on any atom is -0.508 e. The van der Waals surface area contributed by atoms with Crippen LogP contribution in [0.2, 0.25) is 0 Å². The van der Waals surface area contributed by atoms with E-state index in [1.165, 1.54) is 16.7 Å². The molecule has 2 N–H and O–H groups in total. The summed E-state index contributed by atoms with van der Waals surface area (Å²) >= 11 is 0. The Hall–Kier alpha value is -2.16. The fraction of sp³-hybridized carbons (Fsp3) is 0.435. The number of nitrogens with one attached hydrogen (secondary N) is 1. The van der Waals surface area contributed by atoms with Crippen LogP contribution in [0.4, 0.5) is 0 Å². The second-order valence-electron chi connectivity index (χ2n) is 7.15. The van der Waals surface area contributed by atoms with Gasteiger partial charge < -0.3 is 24.8 Å². The first-order chi connectivity index (χ1) is 14.1. The van der Waals surface area contributed by atoms with Gasteiger partial charge in [0.25, 0.3) is 0 Å². The van der Waals surface area contributed by atoms with E-state index in [1.807, 2.05) is 12.1 Å². The Balaban J connectivity index is 0.00000320. The molecular formula is C23H32IN3O3. The van der Waals surface area contributed by atoms with Crippen LogP contribution in [0.3, 0.4) is 0 Å². The van der Waals surface area contributed by atoms with Crippen LogP contribution in [-0.2, 0) is 19.4 Å². The van der Waals surface area contributed by atoms with Gasteiger partial charge in [-0.1, -0.05) is 12.1 Å². The molecule has 7 heteroatoms. The van der Waals surface area contributed by atoms with E-state index in [4.69, 9.17) is 14.5 Å². The highest BCUT2D eigenvalue weighted by atomic mass is 127. The number of halogens is 1. The van der Waals surface area contributed by atoms with E-state index in [0.29, 0.717) is 5.75 Å². The highest BCUT2D eigenvalue weighted by molar-refractivity contribution is 14.0. The van der Waals surface area contributed by atoms with Crippen LogP contribution in [0.1, 0.15) is 30.0 Å². The molecule has 164 valence electrons. The molecular weight excluding hydrogens is 493 g/mol. The number of ether oxygens (including phenoxy) is 2. The van der Waals surface area contributed by atoms with Gasteiger partial charge in [0.2, 0.25) is 0 Å². The smallest absolute Gasteiger partial charge is 0.194 e. The summed E-state index contributed by atoms with van der Waals surface area (Å²) in [6.07, 6.45) is 2.87. The second-order valence-corrected chi connectivity index (χ2v) is 7.15. The summed E-state index contributed by atoms with van der Waals surface area (Å²) in [5.41, 5.74) is 3.78. The maximum atomic E-state index is 9.39. The number of benzene rings is 2. The van der Waals surface area contributed by atoms with E-state index in [-0.39, 0.29) is 24.0 Å². The van der Waals surface area contributed by atoms with Crippen molar-refractivity contribution < 1.29 is 14.6 Å². The first-order valence-corrected chi connectivity index (χ1v) is 10.2. The summed E-state index contributed by atoms with van der Waals surface area (Å²) in [5, 5.41) is 12.8. The average Bonchev–Trinajstić information content (AvgIpc) is 2.75. The SMILES string of the molecule is CCNC(=NCCCc1ccc(O)cc1)N1CCc2cc(OC)c(OC)cc2C1.I. The Morgan fingerprint density at radius 3 is 2.40 bits per heavy atom. The number of guanidine groups is 1. The summed E-state index contributed by atoms with van der Waals surface area (Å²) < 4.78 is 10.9. The van der Waals surface area contributed by atoms with E-state index >= 15 is 0 Å². The van der Waals surface area contributed by atoms with Crippen molar-refractivity contribution >= 4 is 29.9 Å². The van der Waals surface area contributed by atoms with Crippen LogP contribution >= 0.6 is 24.0 Å². The Morgan fingerprint density at radius 2 is 1.77 bits per heavy atom. The van der Waals surface area contributed by atoms with Gasteiger partial charge in [-0.3, -0.25) is 4.99 Å². The van der Waals surface area contributed by atoms with Crippen molar-refractivity contribution in [2.45, 2.75) is 32.7 Å². The number of phenolic OH excluding ortho intramolecular Hbond substituents is 1. The number of aryl methyl sites for hydroxylation is 1. The van der Waals surface area contributed by atoms with Crippen LogP contribution in [0.25, 0.3) is 0 Å². The van der Waals surface area contributed by atoms with Gasteiger partial charge in [0.1, 0.15) is 5.75 Å². The number of aliphatic imine (C=N–C) groups is 1. The van der Waals surface area contributed by atoms with Gasteiger partial charge in [-0.05, 0) is 67.1 Å². The zero-order chi connectivity index (χ0) is 20.6. The van der Waals surface area contributed by atoms with E-state index in [2.05, 4.69) is 29.3 Å². The molecule has 0 amide bonds. The molecule has 6 nitrogen and oxygen atoms in total. The van der Waals surface area contributed by atoms with E-state index in [1.54, 1.807) is 26.4 Å². The highest BCUT2D eigenvalue weighted by Gasteiger charge is 2.21. The van der Waals surface area contributed by atoms with Crippen LogP contribution in [0, 0.1) is 0 Å². The molecule has 30 heavy (non-hydrogen) atoms. The lowest BCUT2D eigenvalue weighted by Gasteiger charge is -2.32. The Labute approximate surface area is 196 Å². The predicted molar refractivity (Wildman–Crippen MR) is 131 cm³/mol. The van der Waals surface area contributed by atoms with Crippen LogP contribution in [0.15, 0.2) is 41.4 Å². The van der Waals surface area contributed by atoms with Crippen LogP contribution in [-0.4, -0.2) is 49.8 Å². The van der Waals surface area contributed by atoms with E-state index in [0.717, 1.165) is 62.9 Å². The molecule has 0 fully saturated rings. The molecule has 0 radical (unpaired) electrons. The number of hydrogen-bond donors (Lipinski definition) is 2. The molecule has 2 aromatic rings. The third-order valence-electron chi connectivity index (χ3n) is 5.17. The van der Waals surface area contributed by atoms with Crippen molar-refractivity contribution in [2.24, 2.45) is 4.99 Å². The van der Waals surface area contributed by atoms with Crippen molar-refractivity contribution in [3.63, 3.8) is 0 Å². The molecule has 0 bridgehead atoms. The van der Waals surface area contributed by atoms with Crippen molar-refractivity contribution in [1.29, 1.82) is 0 Å². The van der Waals surface area contributed by atoms with Crippen LogP contribution < -0.4 is 14.8 Å². The minimum atomic E-state index is 0. The number of hydrogen-bond acceptors (Lipinski definition) is 4. The summed E-state index contributed by atoms with van der Waals surface area (Å²) in [7, 11) is 3.35. The zero-order valence-electron chi connectivity index (χ0n) is 18.0. The summed E-state index contributed by atoms with van der Waals surface area (Å²) in [4.78, 5) is 7.15. The van der Waals surface area contributed by atoms with Gasteiger partial charge in [0.15, 0.2) is 17.5 Å². The highest BCUT2D eigenvalue weighted by Crippen LogP contribution is 2.33. The van der Waals surface area contributed by atoms with E-state index < -0.39 is 0 Å². The summed E-state index contributed by atoms with van der Waals surface area (Å²) in [5.74, 6) is 2.82. The second kappa shape index (κ2) is 11.9. The molecule has 0 aromatic heterocycles. The predicted octanol–water partition coefficient (Wildman–Crippen LogP) is 3.98. The summed E-state index contributed by atoms with van der Waals surface area (Å²) in [6, 6.07) is 11.6. The van der Waals surface area contributed by atoms with Gasteiger partial charge in [0.05, 0.1) is 14.2 Å². The van der Waals surface area contributed by atoms with Gasteiger partial charge >= 0.3 is 0 Å². The fourth-order valence-electron chi connectivity index (χ4n) is 3.62. The molecule has 0 aliphatic carbocycles. The minimum absolute atomic E-state index is 0. The Bertz CT molecular complexity index is 840. The van der Waals surface area contributed by atoms with Crippen LogP contribution in [0.5, 0.6) is 17.2 Å². The average molecular weight is 525 g/mol. The Morgan fingerprint density at radius 1 is 1.10 bits per heavy atom. The van der Waals surface area contributed by atoms with Crippen molar-refractivity contribution in [3.8, 4) is 17.2 Å². The lowest BCUT2D eigenvalue weighted by molar-refractivity contribution is 0.346. The molecule has 1 aliphatic rings. The number of aromatic hydroxyl groups is 1. The van der Waals surface area contributed by atoms with Gasteiger partial charge in [-0.2, -0.15) is 0 Å². The number of phenols is 1. The first-order valence-electron chi connectivity index (χ1n) is 10.2. The van der Waals surface area contributed by atoms with Gasteiger partial charge in [0, 0.05) is 26.2 Å². The molecule has 0 saturated heterocycles. The number of fused-ring (bicyclic) bond motifs is 1. The fourth-order valence-corrected chi connectivity index (χ4v) is 3.62. The largest absolute Gasteiger partial charge is 0.508 e. The lowest BCUT2D eigenvalue weighted by atomic mass is 9.99. The molecule has 1 heterocycles. The molecule has 0 saturated carbocycles. The van der Waals surface area contributed by atoms with Gasteiger partial charge in [-0.15, -0.1) is 24.0 Å². The maximum absolute atomic E-state index is 9.39. The molecule has 0 unspecified atom stereocenters. The molecule has 3 rings (SSSR count). The third-order valence-corrected chi connectivity index (χ3v) is 5.17. The number of nitrogens with zero attached hydrogens (tertiary/aromatic N) is 2. The molecule has 0 atom stereocenters. The lowest BCUT2D eigenvalue weighted by Crippen LogP contribution is -2.44. The normalized spacial score (nSPS) is 13.3.